The molecule has 0 unspecified atom stereocenters. The molecule has 0 aliphatic heterocycles. The summed E-state index contributed by atoms with van der Waals surface area (Å²) in [4.78, 5) is 27.6. The van der Waals surface area contributed by atoms with Crippen molar-refractivity contribution in [2.45, 2.75) is 88.2 Å². The number of thiophene rings is 1. The summed E-state index contributed by atoms with van der Waals surface area (Å²) in [5, 5.41) is 3.55. The molecular formula is C39H57NO4S2. The van der Waals surface area contributed by atoms with Gasteiger partial charge >= 0.3 is 5.97 Å². The van der Waals surface area contributed by atoms with E-state index in [9.17, 15) is 9.59 Å². The molecule has 0 atom stereocenters. The highest BCUT2D eigenvalue weighted by Crippen LogP contribution is 2.38. The normalized spacial score (nSPS) is 10.3. The summed E-state index contributed by atoms with van der Waals surface area (Å²) in [5.74, 6) is 0.0937. The van der Waals surface area contributed by atoms with Gasteiger partial charge in [0.2, 0.25) is 0 Å². The number of rotatable bonds is 11. The predicted octanol–water partition coefficient (Wildman–Crippen LogP) is 11.5. The van der Waals surface area contributed by atoms with E-state index in [1.54, 1.807) is 23.9 Å². The van der Waals surface area contributed by atoms with E-state index in [2.05, 4.69) is 39.6 Å². The minimum Gasteiger partial charge on any atom is -0.489 e. The van der Waals surface area contributed by atoms with E-state index in [-0.39, 0.29) is 23.9 Å². The molecule has 0 aliphatic carbocycles. The zero-order valence-electron chi connectivity index (χ0n) is 30.0. The van der Waals surface area contributed by atoms with Crippen molar-refractivity contribution in [2.24, 2.45) is 5.41 Å². The van der Waals surface area contributed by atoms with Gasteiger partial charge in [0.1, 0.15) is 17.4 Å². The minimum atomic E-state index is -0.377. The molecule has 0 spiro atoms. The Kier molecular flexibility index (Phi) is 22.2. The van der Waals surface area contributed by atoms with Crippen LogP contribution in [0, 0.1) is 19.3 Å². The highest BCUT2D eigenvalue weighted by molar-refractivity contribution is 7.97. The molecule has 1 N–H and O–H groups in total. The van der Waals surface area contributed by atoms with E-state index in [1.165, 1.54) is 11.3 Å². The summed E-state index contributed by atoms with van der Waals surface area (Å²) in [7, 11) is 0. The molecule has 0 radical (unpaired) electrons. The van der Waals surface area contributed by atoms with E-state index in [0.29, 0.717) is 29.2 Å². The molecule has 1 amide bonds. The molecule has 0 fully saturated rings. The van der Waals surface area contributed by atoms with E-state index in [4.69, 9.17) is 9.47 Å². The number of anilines is 1. The zero-order valence-corrected chi connectivity index (χ0v) is 31.7. The van der Waals surface area contributed by atoms with Crippen LogP contribution in [0.4, 0.5) is 5.00 Å². The van der Waals surface area contributed by atoms with Crippen molar-refractivity contribution >= 4 is 40.0 Å². The number of unbranched alkanes of at least 4 members (excludes halogenated alkanes) is 1. The first kappa shape index (κ1) is 42.7. The van der Waals surface area contributed by atoms with Crippen LogP contribution in [-0.2, 0) is 17.8 Å². The number of nitrogens with one attached hydrogen (secondary N) is 1. The van der Waals surface area contributed by atoms with Gasteiger partial charge < -0.3 is 14.8 Å². The first-order valence-electron chi connectivity index (χ1n) is 15.9. The first-order valence-corrected chi connectivity index (χ1v) is 18.4. The van der Waals surface area contributed by atoms with E-state index in [1.807, 2.05) is 102 Å². The fourth-order valence-electron chi connectivity index (χ4n) is 3.98. The van der Waals surface area contributed by atoms with Crippen molar-refractivity contribution in [3.05, 3.63) is 106 Å². The average molecular weight is 668 g/mol. The van der Waals surface area contributed by atoms with Crippen molar-refractivity contribution in [1.82, 2.24) is 0 Å². The Balaban J connectivity index is 0.00000179. The summed E-state index contributed by atoms with van der Waals surface area (Å²) >= 11 is 3.18. The quantitative estimate of drug-likeness (QED) is 0.125. The van der Waals surface area contributed by atoms with Crippen LogP contribution in [0.5, 0.6) is 5.75 Å². The molecule has 0 aliphatic rings. The lowest BCUT2D eigenvalue weighted by Crippen LogP contribution is -2.19. The highest BCUT2D eigenvalue weighted by Gasteiger charge is 2.28. The number of hydrogen-bond acceptors (Lipinski definition) is 6. The monoisotopic (exact) mass is 667 g/mol. The largest absolute Gasteiger partial charge is 0.489 e. The Bertz CT molecular complexity index is 1340. The summed E-state index contributed by atoms with van der Waals surface area (Å²) in [6.07, 6.45) is 12.1. The molecule has 0 saturated heterocycles. The molecule has 7 heteroatoms. The maximum Gasteiger partial charge on any atom is 0.341 e. The van der Waals surface area contributed by atoms with Gasteiger partial charge in [0.15, 0.2) is 0 Å². The number of carbonyl (C=O) groups is 2. The minimum absolute atomic E-state index is 0.0223. The Morgan fingerprint density at radius 2 is 1.63 bits per heavy atom. The van der Waals surface area contributed by atoms with Crippen LogP contribution >= 0.6 is 23.1 Å². The maximum absolute atomic E-state index is 13.4. The smallest absolute Gasteiger partial charge is 0.341 e. The number of allylic oxidation sites excluding steroid dienone is 3. The number of thioether (sulfide) groups is 1. The number of aryl methyl sites for hydroxylation is 2. The Morgan fingerprint density at radius 3 is 2.15 bits per heavy atom. The second-order valence-corrected chi connectivity index (χ2v) is 13.5. The Morgan fingerprint density at radius 1 is 1.02 bits per heavy atom. The van der Waals surface area contributed by atoms with Crippen molar-refractivity contribution in [1.29, 1.82) is 0 Å². The Hall–Kier alpha value is -3.29. The van der Waals surface area contributed by atoms with E-state index in [0.717, 1.165) is 40.2 Å². The standard InChI is InChI=1S/C30H37NO4S.C5H8.C2H6S.C2H6/c1-7-8-17-34-29(33)26-25(18-30(4,5)6)21(3)36-28(26)31-27(32)24-12-10-9-11-22(24)19-35-23-15-13-20(2)14-16-23;1-3-5-4-2;1-3-2;1-2/h9-16H,7-8,17-19H2,1-6H3,(H,31,32);3-5H,1H2,2H3;1-2H3;1-2H3/b;5-4-;;. The molecule has 5 nitrogen and oxygen atoms in total. The van der Waals surface area contributed by atoms with Crippen molar-refractivity contribution < 1.29 is 19.1 Å². The van der Waals surface area contributed by atoms with Gasteiger partial charge in [0.25, 0.3) is 5.91 Å². The molecule has 1 heterocycles. The fourth-order valence-corrected chi connectivity index (χ4v) is 5.03. The van der Waals surface area contributed by atoms with Gasteiger partial charge in [-0.3, -0.25) is 4.79 Å². The summed E-state index contributed by atoms with van der Waals surface area (Å²) in [6, 6.07) is 15.2. The van der Waals surface area contributed by atoms with Crippen LogP contribution in [0.25, 0.3) is 0 Å². The third kappa shape index (κ3) is 16.3. The molecule has 0 saturated carbocycles. The Labute approximate surface area is 287 Å². The molecule has 3 aromatic rings. The van der Waals surface area contributed by atoms with Gasteiger partial charge in [-0.15, -0.1) is 11.3 Å². The third-order valence-electron chi connectivity index (χ3n) is 6.08. The molecule has 46 heavy (non-hydrogen) atoms. The third-order valence-corrected chi connectivity index (χ3v) is 7.15. The molecule has 254 valence electrons. The van der Waals surface area contributed by atoms with E-state index >= 15 is 0 Å². The van der Waals surface area contributed by atoms with Crippen LogP contribution in [0.15, 0.2) is 73.3 Å². The second-order valence-electron chi connectivity index (χ2n) is 11.5. The van der Waals surface area contributed by atoms with Gasteiger partial charge in [-0.25, -0.2) is 4.79 Å². The second kappa shape index (κ2) is 24.0. The predicted molar refractivity (Wildman–Crippen MR) is 203 cm³/mol. The van der Waals surface area contributed by atoms with Crippen LogP contribution < -0.4 is 10.1 Å². The number of hydrogen-bond donors (Lipinski definition) is 1. The number of benzene rings is 2. The van der Waals surface area contributed by atoms with Crippen LogP contribution in [0.3, 0.4) is 0 Å². The summed E-state index contributed by atoms with van der Waals surface area (Å²) in [6.45, 7) is 22.5. The van der Waals surface area contributed by atoms with Gasteiger partial charge in [0, 0.05) is 16.0 Å². The molecular weight excluding hydrogens is 611 g/mol. The van der Waals surface area contributed by atoms with E-state index < -0.39 is 0 Å². The summed E-state index contributed by atoms with van der Waals surface area (Å²) < 4.78 is 11.5. The number of carbonyl (C=O) groups excluding carboxylic acids is 2. The van der Waals surface area contributed by atoms with Gasteiger partial charge in [-0.2, -0.15) is 11.8 Å². The SMILES string of the molecule is C=C/C=C\C.CC.CCCCOC(=O)c1c(NC(=O)c2ccccc2COc2ccc(C)cc2)sc(C)c1CC(C)(C)C.CSC. The number of amides is 1. The van der Waals surface area contributed by atoms with Crippen LogP contribution in [-0.4, -0.2) is 31.0 Å². The first-order chi connectivity index (χ1) is 21.9. The average Bonchev–Trinajstić information content (AvgIpc) is 3.31. The maximum atomic E-state index is 13.4. The summed E-state index contributed by atoms with van der Waals surface area (Å²) in [5.41, 5.74) is 3.84. The van der Waals surface area contributed by atoms with Gasteiger partial charge in [0.05, 0.1) is 12.2 Å². The molecule has 2 aromatic carbocycles. The fraction of sp³-hybridized carbons (Fsp3) is 0.436. The number of ether oxygens (including phenoxy) is 2. The van der Waals surface area contributed by atoms with Crippen LogP contribution in [0.1, 0.15) is 104 Å². The lowest BCUT2D eigenvalue weighted by Gasteiger charge is -2.19. The van der Waals surface area contributed by atoms with Crippen molar-refractivity contribution in [3.8, 4) is 5.75 Å². The lowest BCUT2D eigenvalue weighted by molar-refractivity contribution is 0.0499. The topological polar surface area (TPSA) is 64.6 Å². The van der Waals surface area contributed by atoms with Crippen molar-refractivity contribution in [3.63, 3.8) is 0 Å². The van der Waals surface area contributed by atoms with Gasteiger partial charge in [-0.05, 0) is 75.3 Å². The molecule has 3 rings (SSSR count). The van der Waals surface area contributed by atoms with Crippen molar-refractivity contribution in [2.75, 3.05) is 24.4 Å². The highest BCUT2D eigenvalue weighted by atomic mass is 32.2. The molecule has 1 aromatic heterocycles. The number of esters is 1. The molecule has 0 bridgehead atoms. The zero-order chi connectivity index (χ0) is 35.1. The lowest BCUT2D eigenvalue weighted by atomic mass is 9.86. The van der Waals surface area contributed by atoms with Gasteiger partial charge in [-0.1, -0.05) is 109 Å². The van der Waals surface area contributed by atoms with Crippen LogP contribution in [0.2, 0.25) is 0 Å².